The van der Waals surface area contributed by atoms with Gasteiger partial charge in [0, 0.05) is 50.7 Å². The molecule has 0 spiro atoms. The van der Waals surface area contributed by atoms with E-state index in [2.05, 4.69) is 30.3 Å². The third kappa shape index (κ3) is 6.06. The Morgan fingerprint density at radius 3 is 2.66 bits per heavy atom. The minimum atomic E-state index is -0.435. The minimum absolute atomic E-state index is 0.117. The molecule has 1 fully saturated rings. The topological polar surface area (TPSA) is 171 Å². The Balaban J connectivity index is 1.44. The second kappa shape index (κ2) is 11.9. The average molecular weight is 520 g/mol. The van der Waals surface area contributed by atoms with E-state index in [0.29, 0.717) is 55.8 Å². The standard InChI is InChI=1S/C24H29N11O3/c1-3-38-24(37)32(2)18-7-5-17(6-8-18)29-23-30-22(26)35(31-23)20-15-19(27-16-28-20)33-11-4-12-34(14-13-33)21(36)9-10-25/h5-8,15-16H,3-4,9,11-14H2,1-2H3,(H3,26,29,30,31). The Morgan fingerprint density at radius 2 is 1.92 bits per heavy atom. The highest BCUT2D eigenvalue weighted by Crippen LogP contribution is 2.22. The van der Waals surface area contributed by atoms with E-state index in [9.17, 15) is 9.59 Å². The molecule has 3 N–H and O–H groups in total. The lowest BCUT2D eigenvalue weighted by Gasteiger charge is -2.22. The largest absolute Gasteiger partial charge is 0.449 e. The predicted molar refractivity (Wildman–Crippen MR) is 140 cm³/mol. The number of nitrogens with one attached hydrogen (secondary N) is 1. The number of anilines is 5. The molecule has 0 unspecified atom stereocenters. The molecule has 4 rings (SSSR count). The van der Waals surface area contributed by atoms with E-state index in [1.807, 2.05) is 6.07 Å². The first-order valence-corrected chi connectivity index (χ1v) is 12.1. The van der Waals surface area contributed by atoms with Gasteiger partial charge in [0.15, 0.2) is 5.82 Å². The van der Waals surface area contributed by atoms with Crippen molar-refractivity contribution in [2.75, 3.05) is 60.7 Å². The maximum absolute atomic E-state index is 12.1. The first kappa shape index (κ1) is 26.1. The second-order valence-corrected chi connectivity index (χ2v) is 8.43. The van der Waals surface area contributed by atoms with E-state index in [4.69, 9.17) is 15.7 Å². The molecule has 2 aromatic heterocycles. The molecule has 14 nitrogen and oxygen atoms in total. The SMILES string of the molecule is CCOC(=O)N(C)c1ccc(Nc2nc(N)n(-c3cc(N4CCCN(C(=O)CC#N)CC4)ncn3)n2)cc1. The maximum Gasteiger partial charge on any atom is 0.413 e. The lowest BCUT2D eigenvalue weighted by atomic mass is 10.2. The van der Waals surface area contributed by atoms with Gasteiger partial charge in [-0.15, -0.1) is 5.10 Å². The molecule has 1 aliphatic heterocycles. The average Bonchev–Trinajstić information content (AvgIpc) is 3.12. The summed E-state index contributed by atoms with van der Waals surface area (Å²) in [6.45, 7) is 4.44. The van der Waals surface area contributed by atoms with Crippen LogP contribution in [0.3, 0.4) is 0 Å². The Labute approximate surface area is 219 Å². The van der Waals surface area contributed by atoms with E-state index in [1.54, 1.807) is 49.2 Å². The summed E-state index contributed by atoms with van der Waals surface area (Å²) < 4.78 is 6.43. The summed E-state index contributed by atoms with van der Waals surface area (Å²) >= 11 is 0. The third-order valence-corrected chi connectivity index (χ3v) is 5.94. The van der Waals surface area contributed by atoms with Crippen molar-refractivity contribution in [3.8, 4) is 11.9 Å². The number of rotatable bonds is 7. The molecular formula is C24H29N11O3. The van der Waals surface area contributed by atoms with Crippen LogP contribution in [-0.4, -0.2) is 81.5 Å². The van der Waals surface area contributed by atoms with Gasteiger partial charge in [-0.2, -0.15) is 14.9 Å². The molecule has 1 saturated heterocycles. The number of amides is 2. The zero-order valence-electron chi connectivity index (χ0n) is 21.2. The van der Waals surface area contributed by atoms with Gasteiger partial charge in [0.2, 0.25) is 17.8 Å². The zero-order chi connectivity index (χ0) is 27.1. The van der Waals surface area contributed by atoms with Gasteiger partial charge in [-0.05, 0) is 37.6 Å². The number of carbonyl (C=O) groups is 2. The summed E-state index contributed by atoms with van der Waals surface area (Å²) in [6.07, 6.45) is 1.63. The van der Waals surface area contributed by atoms with Crippen LogP contribution in [0.15, 0.2) is 36.7 Å². The smallest absolute Gasteiger partial charge is 0.413 e. The molecule has 14 heteroatoms. The summed E-state index contributed by atoms with van der Waals surface area (Å²) in [5.74, 6) is 1.38. The Hall–Kier alpha value is -4.93. The zero-order valence-corrected chi connectivity index (χ0v) is 21.2. The molecule has 0 bridgehead atoms. The lowest BCUT2D eigenvalue weighted by molar-refractivity contribution is -0.129. The van der Waals surface area contributed by atoms with Crippen molar-refractivity contribution in [3.05, 3.63) is 36.7 Å². The van der Waals surface area contributed by atoms with Gasteiger partial charge >= 0.3 is 6.09 Å². The van der Waals surface area contributed by atoms with Gasteiger partial charge in [-0.3, -0.25) is 9.69 Å². The second-order valence-electron chi connectivity index (χ2n) is 8.43. The summed E-state index contributed by atoms with van der Waals surface area (Å²) in [4.78, 5) is 42.2. The number of ether oxygens (including phenoxy) is 1. The molecule has 38 heavy (non-hydrogen) atoms. The number of aromatic nitrogens is 5. The molecule has 0 radical (unpaired) electrons. The molecule has 198 valence electrons. The van der Waals surface area contributed by atoms with Crippen LogP contribution in [0.4, 0.5) is 33.9 Å². The van der Waals surface area contributed by atoms with Crippen molar-refractivity contribution >= 4 is 41.1 Å². The van der Waals surface area contributed by atoms with Crippen molar-refractivity contribution in [1.29, 1.82) is 5.26 Å². The number of carbonyl (C=O) groups excluding carboxylic acids is 2. The van der Waals surface area contributed by atoms with Crippen molar-refractivity contribution in [1.82, 2.24) is 29.6 Å². The fourth-order valence-electron chi connectivity index (χ4n) is 3.97. The fraction of sp³-hybridized carbons (Fsp3) is 0.375. The predicted octanol–water partition coefficient (Wildman–Crippen LogP) is 1.93. The number of nitrogens with zero attached hydrogens (tertiary/aromatic N) is 9. The summed E-state index contributed by atoms with van der Waals surface area (Å²) in [5.41, 5.74) is 7.51. The highest BCUT2D eigenvalue weighted by Gasteiger charge is 2.21. The first-order valence-electron chi connectivity index (χ1n) is 12.1. The molecule has 3 heterocycles. The van der Waals surface area contributed by atoms with E-state index in [-0.39, 0.29) is 24.2 Å². The van der Waals surface area contributed by atoms with E-state index >= 15 is 0 Å². The Kier molecular flexibility index (Phi) is 8.17. The maximum atomic E-state index is 12.1. The van der Waals surface area contributed by atoms with Crippen molar-refractivity contribution in [2.24, 2.45) is 0 Å². The van der Waals surface area contributed by atoms with Crippen LogP contribution in [0.2, 0.25) is 0 Å². The summed E-state index contributed by atoms with van der Waals surface area (Å²) in [6, 6.07) is 10.8. The van der Waals surface area contributed by atoms with Crippen LogP contribution >= 0.6 is 0 Å². The number of nitrogens with two attached hydrogens (primary N) is 1. The van der Waals surface area contributed by atoms with E-state index < -0.39 is 6.09 Å². The van der Waals surface area contributed by atoms with Crippen LogP contribution in [0.25, 0.3) is 5.82 Å². The monoisotopic (exact) mass is 519 g/mol. The molecule has 1 aliphatic rings. The van der Waals surface area contributed by atoms with Gasteiger partial charge in [0.05, 0.1) is 12.7 Å². The van der Waals surface area contributed by atoms with Gasteiger partial charge in [-0.1, -0.05) is 0 Å². The highest BCUT2D eigenvalue weighted by molar-refractivity contribution is 5.87. The molecule has 0 saturated carbocycles. The Bertz CT molecular complexity index is 1320. The fourth-order valence-corrected chi connectivity index (χ4v) is 3.97. The van der Waals surface area contributed by atoms with E-state index in [1.165, 1.54) is 15.9 Å². The summed E-state index contributed by atoms with van der Waals surface area (Å²) in [5, 5.41) is 16.3. The van der Waals surface area contributed by atoms with Crippen LogP contribution in [0.5, 0.6) is 0 Å². The van der Waals surface area contributed by atoms with Crippen LogP contribution < -0.4 is 20.9 Å². The lowest BCUT2D eigenvalue weighted by Crippen LogP contribution is -2.35. The number of hydrogen-bond acceptors (Lipinski definition) is 11. The number of nitriles is 1. The van der Waals surface area contributed by atoms with Crippen LogP contribution in [0.1, 0.15) is 19.8 Å². The number of benzene rings is 1. The molecule has 2 amide bonds. The molecule has 0 aliphatic carbocycles. The quantitative estimate of drug-likeness (QED) is 0.467. The van der Waals surface area contributed by atoms with Gasteiger partial charge < -0.3 is 25.6 Å². The molecule has 3 aromatic rings. The Morgan fingerprint density at radius 1 is 1.16 bits per heavy atom. The van der Waals surface area contributed by atoms with Gasteiger partial charge in [0.1, 0.15) is 18.6 Å². The van der Waals surface area contributed by atoms with Crippen molar-refractivity contribution in [3.63, 3.8) is 0 Å². The molecule has 0 atom stereocenters. The van der Waals surface area contributed by atoms with Crippen molar-refractivity contribution in [2.45, 2.75) is 19.8 Å². The van der Waals surface area contributed by atoms with Gasteiger partial charge in [-0.25, -0.2) is 14.8 Å². The van der Waals surface area contributed by atoms with E-state index in [0.717, 1.165) is 6.42 Å². The van der Waals surface area contributed by atoms with Gasteiger partial charge in [0.25, 0.3) is 0 Å². The normalized spacial score (nSPS) is 13.4. The van der Waals surface area contributed by atoms with Crippen LogP contribution in [-0.2, 0) is 9.53 Å². The minimum Gasteiger partial charge on any atom is -0.449 e. The molecular weight excluding hydrogens is 490 g/mol. The molecule has 1 aromatic carbocycles. The number of hydrogen-bond donors (Lipinski definition) is 2. The van der Waals surface area contributed by atoms with Crippen molar-refractivity contribution < 1.29 is 14.3 Å². The first-order chi connectivity index (χ1) is 18.4. The summed E-state index contributed by atoms with van der Waals surface area (Å²) in [7, 11) is 1.64. The highest BCUT2D eigenvalue weighted by atomic mass is 16.6. The third-order valence-electron chi connectivity index (χ3n) is 5.94. The number of nitrogen functional groups attached to an aromatic ring is 1. The van der Waals surface area contributed by atoms with Crippen LogP contribution in [0, 0.1) is 11.3 Å².